The van der Waals surface area contributed by atoms with Crippen molar-refractivity contribution in [2.24, 2.45) is 11.7 Å². The summed E-state index contributed by atoms with van der Waals surface area (Å²) < 4.78 is 11.2. The molecule has 4 nitrogen and oxygen atoms in total. The molecular weight excluding hydrogens is 228 g/mol. The number of methoxy groups -OCH3 is 1. The fourth-order valence-corrected chi connectivity index (χ4v) is 2.72. The minimum atomic E-state index is 0.292. The predicted octanol–water partition coefficient (Wildman–Crippen LogP) is 1.49. The van der Waals surface area contributed by atoms with Gasteiger partial charge in [0.2, 0.25) is 0 Å². The topological polar surface area (TPSA) is 47.7 Å². The fraction of sp³-hybridized carbons (Fsp3) is 1.00. The van der Waals surface area contributed by atoms with E-state index in [1.54, 1.807) is 7.11 Å². The Morgan fingerprint density at radius 1 is 1.39 bits per heavy atom. The molecule has 1 aliphatic heterocycles. The van der Waals surface area contributed by atoms with Crippen LogP contribution in [0.1, 0.15) is 33.6 Å². The van der Waals surface area contributed by atoms with Gasteiger partial charge in [0.25, 0.3) is 0 Å². The minimum absolute atomic E-state index is 0.292. The molecule has 0 saturated carbocycles. The highest BCUT2D eigenvalue weighted by Crippen LogP contribution is 2.24. The molecule has 3 atom stereocenters. The molecule has 1 saturated heterocycles. The van der Waals surface area contributed by atoms with E-state index in [-0.39, 0.29) is 0 Å². The molecule has 0 aromatic carbocycles. The first-order valence-electron chi connectivity index (χ1n) is 7.17. The lowest BCUT2D eigenvalue weighted by molar-refractivity contribution is -0.0134. The van der Waals surface area contributed by atoms with Crippen LogP contribution in [0.25, 0.3) is 0 Å². The first-order chi connectivity index (χ1) is 8.58. The zero-order chi connectivity index (χ0) is 13.5. The van der Waals surface area contributed by atoms with Crippen LogP contribution in [0, 0.1) is 5.92 Å². The highest BCUT2D eigenvalue weighted by molar-refractivity contribution is 4.86. The van der Waals surface area contributed by atoms with Gasteiger partial charge in [0.05, 0.1) is 18.8 Å². The van der Waals surface area contributed by atoms with Crippen LogP contribution in [0.4, 0.5) is 0 Å². The van der Waals surface area contributed by atoms with Gasteiger partial charge < -0.3 is 15.2 Å². The van der Waals surface area contributed by atoms with Crippen molar-refractivity contribution in [2.75, 3.05) is 33.4 Å². The first-order valence-corrected chi connectivity index (χ1v) is 7.17. The first kappa shape index (κ1) is 15.9. The van der Waals surface area contributed by atoms with Gasteiger partial charge in [-0.1, -0.05) is 13.8 Å². The van der Waals surface area contributed by atoms with Crippen molar-refractivity contribution in [3.8, 4) is 0 Å². The van der Waals surface area contributed by atoms with E-state index in [0.717, 1.165) is 32.5 Å². The molecule has 0 spiro atoms. The summed E-state index contributed by atoms with van der Waals surface area (Å²) in [6.07, 6.45) is 2.96. The van der Waals surface area contributed by atoms with E-state index in [4.69, 9.17) is 15.2 Å². The Morgan fingerprint density at radius 2 is 2.11 bits per heavy atom. The Kier molecular flexibility index (Phi) is 7.15. The summed E-state index contributed by atoms with van der Waals surface area (Å²) in [6, 6.07) is 0.326. The molecule has 1 rings (SSSR count). The van der Waals surface area contributed by atoms with Crippen LogP contribution >= 0.6 is 0 Å². The number of nitrogens with zero attached hydrogens (tertiary/aromatic N) is 1. The third kappa shape index (κ3) is 4.84. The molecule has 4 heteroatoms. The molecular formula is C14H30N2O2. The number of hydrogen-bond donors (Lipinski definition) is 1. The van der Waals surface area contributed by atoms with Crippen LogP contribution in [0.15, 0.2) is 0 Å². The second kappa shape index (κ2) is 8.10. The van der Waals surface area contributed by atoms with Crippen LogP contribution in [-0.4, -0.2) is 56.5 Å². The van der Waals surface area contributed by atoms with Gasteiger partial charge in [0, 0.05) is 32.8 Å². The molecule has 0 aromatic heterocycles. The predicted molar refractivity (Wildman–Crippen MR) is 74.7 cm³/mol. The molecule has 0 bridgehead atoms. The number of hydrogen-bond acceptors (Lipinski definition) is 4. The number of ether oxygens (including phenoxy) is 2. The van der Waals surface area contributed by atoms with E-state index in [2.05, 4.69) is 25.7 Å². The normalized spacial score (nSPS) is 26.2. The van der Waals surface area contributed by atoms with Crippen molar-refractivity contribution in [1.82, 2.24) is 4.90 Å². The van der Waals surface area contributed by atoms with E-state index >= 15 is 0 Å². The van der Waals surface area contributed by atoms with Crippen LogP contribution in [0.5, 0.6) is 0 Å². The van der Waals surface area contributed by atoms with Gasteiger partial charge in [0.15, 0.2) is 0 Å². The lowest BCUT2D eigenvalue weighted by Gasteiger charge is -2.35. The second-order valence-corrected chi connectivity index (χ2v) is 5.75. The molecule has 1 aliphatic rings. The van der Waals surface area contributed by atoms with Gasteiger partial charge in [-0.15, -0.1) is 0 Å². The SMILES string of the molecule is COCCN(CC(C)C)C(CN)C1CCC(C)O1. The van der Waals surface area contributed by atoms with E-state index < -0.39 is 0 Å². The second-order valence-electron chi connectivity index (χ2n) is 5.75. The van der Waals surface area contributed by atoms with Gasteiger partial charge >= 0.3 is 0 Å². The fourth-order valence-electron chi connectivity index (χ4n) is 2.72. The molecule has 0 aromatic rings. The largest absolute Gasteiger partial charge is 0.383 e. The van der Waals surface area contributed by atoms with Crippen LogP contribution < -0.4 is 5.73 Å². The third-order valence-corrected chi connectivity index (χ3v) is 3.59. The minimum Gasteiger partial charge on any atom is -0.383 e. The Morgan fingerprint density at radius 3 is 2.56 bits per heavy atom. The summed E-state index contributed by atoms with van der Waals surface area (Å²) in [7, 11) is 1.75. The van der Waals surface area contributed by atoms with Gasteiger partial charge in [-0.25, -0.2) is 0 Å². The molecule has 18 heavy (non-hydrogen) atoms. The van der Waals surface area contributed by atoms with Crippen molar-refractivity contribution in [3.05, 3.63) is 0 Å². The molecule has 0 aliphatic carbocycles. The van der Waals surface area contributed by atoms with Crippen molar-refractivity contribution in [2.45, 2.75) is 51.9 Å². The maximum absolute atomic E-state index is 5.99. The number of nitrogens with two attached hydrogens (primary N) is 1. The monoisotopic (exact) mass is 258 g/mol. The van der Waals surface area contributed by atoms with Crippen LogP contribution in [0.3, 0.4) is 0 Å². The lowest BCUT2D eigenvalue weighted by Crippen LogP contribution is -2.50. The maximum atomic E-state index is 5.99. The Hall–Kier alpha value is -0.160. The Labute approximate surface area is 112 Å². The van der Waals surface area contributed by atoms with Gasteiger partial charge in [-0.05, 0) is 25.7 Å². The zero-order valence-corrected chi connectivity index (χ0v) is 12.4. The quantitative estimate of drug-likeness (QED) is 0.716. The maximum Gasteiger partial charge on any atom is 0.0747 e. The smallest absolute Gasteiger partial charge is 0.0747 e. The summed E-state index contributed by atoms with van der Waals surface area (Å²) >= 11 is 0. The summed E-state index contributed by atoms with van der Waals surface area (Å²) in [5, 5.41) is 0. The molecule has 1 fully saturated rings. The molecule has 108 valence electrons. The summed E-state index contributed by atoms with van der Waals surface area (Å²) in [4.78, 5) is 2.44. The van der Waals surface area contributed by atoms with E-state index in [9.17, 15) is 0 Å². The number of rotatable bonds is 8. The van der Waals surface area contributed by atoms with Crippen molar-refractivity contribution < 1.29 is 9.47 Å². The van der Waals surface area contributed by atoms with Crippen LogP contribution in [-0.2, 0) is 9.47 Å². The lowest BCUT2D eigenvalue weighted by atomic mass is 10.0. The molecule has 2 N–H and O–H groups in total. The summed E-state index contributed by atoms with van der Waals surface area (Å²) in [6.45, 7) is 10.0. The van der Waals surface area contributed by atoms with Crippen molar-refractivity contribution in [1.29, 1.82) is 0 Å². The summed E-state index contributed by atoms with van der Waals surface area (Å²) in [5.41, 5.74) is 5.98. The van der Waals surface area contributed by atoms with E-state index in [0.29, 0.717) is 30.7 Å². The van der Waals surface area contributed by atoms with E-state index in [1.807, 2.05) is 0 Å². The Bertz CT molecular complexity index is 224. The molecule has 1 heterocycles. The van der Waals surface area contributed by atoms with E-state index in [1.165, 1.54) is 0 Å². The van der Waals surface area contributed by atoms with Gasteiger partial charge in [-0.3, -0.25) is 4.90 Å². The molecule has 0 radical (unpaired) electrons. The third-order valence-electron chi connectivity index (χ3n) is 3.59. The van der Waals surface area contributed by atoms with Crippen molar-refractivity contribution in [3.63, 3.8) is 0 Å². The highest BCUT2D eigenvalue weighted by atomic mass is 16.5. The van der Waals surface area contributed by atoms with Crippen LogP contribution in [0.2, 0.25) is 0 Å². The molecule has 0 amide bonds. The van der Waals surface area contributed by atoms with Gasteiger partial charge in [-0.2, -0.15) is 0 Å². The molecule has 3 unspecified atom stereocenters. The zero-order valence-electron chi connectivity index (χ0n) is 12.4. The Balaban J connectivity index is 2.60. The highest BCUT2D eigenvalue weighted by Gasteiger charge is 2.32. The summed E-state index contributed by atoms with van der Waals surface area (Å²) in [5.74, 6) is 0.634. The average Bonchev–Trinajstić information content (AvgIpc) is 2.72. The standard InChI is InChI=1S/C14H30N2O2/c1-11(2)10-16(7-8-17-4)13(9-15)14-6-5-12(3)18-14/h11-14H,5-10,15H2,1-4H3. The van der Waals surface area contributed by atoms with Crippen molar-refractivity contribution >= 4 is 0 Å². The average molecular weight is 258 g/mol. The van der Waals surface area contributed by atoms with Gasteiger partial charge in [0.1, 0.15) is 0 Å².